The Morgan fingerprint density at radius 3 is 2.21 bits per heavy atom. The summed E-state index contributed by atoms with van der Waals surface area (Å²) in [5, 5.41) is 16.0. The smallest absolute Gasteiger partial charge is 0.482 e. The second-order valence-electron chi connectivity index (χ2n) is 19.5. The molecule has 3 saturated carbocycles. The van der Waals surface area contributed by atoms with Crippen molar-refractivity contribution in [1.82, 2.24) is 15.4 Å². The monoisotopic (exact) mass is 875 g/mol. The molecular weight excluding hydrogens is 813 g/mol. The molecule has 7 rings (SSSR count). The Labute approximate surface area is 366 Å². The minimum Gasteiger partial charge on any atom is -0.496 e. The van der Waals surface area contributed by atoms with E-state index in [4.69, 9.17) is 23.5 Å². The van der Waals surface area contributed by atoms with Crippen LogP contribution in [0.1, 0.15) is 114 Å². The number of sulfonamides is 1. The Kier molecular flexibility index (Phi) is 13.6. The normalized spacial score (nSPS) is 22.7. The number of nitrogens with one attached hydrogen (secondary N) is 3. The van der Waals surface area contributed by atoms with Gasteiger partial charge in [-0.05, 0) is 105 Å². The molecule has 3 aromatic rings. The van der Waals surface area contributed by atoms with E-state index in [1.807, 2.05) is 51.1 Å². The van der Waals surface area contributed by atoms with Gasteiger partial charge in [0.1, 0.15) is 23.0 Å². The van der Waals surface area contributed by atoms with Crippen LogP contribution >= 0.6 is 0 Å². The Hall–Kier alpha value is -4.48. The highest BCUT2D eigenvalue weighted by molar-refractivity contribution is 7.89. The van der Waals surface area contributed by atoms with E-state index in [-0.39, 0.29) is 58.8 Å². The maximum atomic E-state index is 14.8. The molecule has 2 amide bonds. The van der Waals surface area contributed by atoms with E-state index in [0.717, 1.165) is 24.0 Å². The molecule has 62 heavy (non-hydrogen) atoms. The number of carbonyl (C=O) groups excluding carboxylic acids is 2. The number of rotatable bonds is 16. The van der Waals surface area contributed by atoms with Gasteiger partial charge in [0.25, 0.3) is 0 Å². The Morgan fingerprint density at radius 2 is 1.61 bits per heavy atom. The Balaban J connectivity index is 1.31. The molecule has 4 fully saturated rings. The van der Waals surface area contributed by atoms with Gasteiger partial charge in [0.05, 0.1) is 42.9 Å². The number of carbonyl (C=O) groups is 3. The van der Waals surface area contributed by atoms with E-state index in [1.54, 1.807) is 26.8 Å². The number of alkyl carbamates (subject to hydrolysis) is 1. The molecule has 16 heteroatoms. The van der Waals surface area contributed by atoms with Crippen molar-refractivity contribution in [3.63, 3.8) is 0 Å². The van der Waals surface area contributed by atoms with Crippen molar-refractivity contribution in [2.75, 3.05) is 20.3 Å². The highest BCUT2D eigenvalue weighted by Gasteiger charge is 2.68. The minimum absolute atomic E-state index is 0.0325. The van der Waals surface area contributed by atoms with E-state index < -0.39 is 63.7 Å². The third-order valence-corrected chi connectivity index (χ3v) is 14.1. The molecule has 2 bridgehead atoms. The van der Waals surface area contributed by atoms with Crippen LogP contribution in [0.3, 0.4) is 0 Å². The molecule has 2 unspecified atom stereocenters. The van der Waals surface area contributed by atoms with E-state index in [0.29, 0.717) is 18.1 Å². The lowest BCUT2D eigenvalue weighted by atomic mass is 9.43. The second-order valence-corrected chi connectivity index (χ2v) is 21.2. The topological polar surface area (TPSA) is 188 Å². The average molecular weight is 876 g/mol. The van der Waals surface area contributed by atoms with Crippen molar-refractivity contribution < 1.29 is 51.4 Å². The number of hydrogen-bond acceptors (Lipinski definition) is 10. The predicted octanol–water partition coefficient (Wildman–Crippen LogP) is 6.75. The fraction of sp³-hybridized carbons (Fsp3) is 0.543. The lowest BCUT2D eigenvalue weighted by Gasteiger charge is -2.64. The number of ether oxygens (including phenoxy) is 3. The third kappa shape index (κ3) is 10.2. The van der Waals surface area contributed by atoms with Gasteiger partial charge in [0.15, 0.2) is 0 Å². The number of aromatic carboxylic acids is 1. The van der Waals surface area contributed by atoms with Crippen LogP contribution in [0.15, 0.2) is 71.6 Å². The summed E-state index contributed by atoms with van der Waals surface area (Å²) in [6.45, 7) is 18.2. The summed E-state index contributed by atoms with van der Waals surface area (Å²) in [5.41, 5.74) is 0.588. The zero-order chi connectivity index (χ0) is 45.4. The average Bonchev–Trinajstić information content (AvgIpc) is 3.56. The molecule has 336 valence electrons. The minimum atomic E-state index is -3.97. The van der Waals surface area contributed by atoms with Gasteiger partial charge in [-0.15, -0.1) is 0 Å². The van der Waals surface area contributed by atoms with Gasteiger partial charge >= 0.3 is 19.2 Å². The van der Waals surface area contributed by atoms with E-state index in [2.05, 4.69) is 36.1 Å². The standard InChI is InChI=1S/C46H62BN3O11S/c1-43(2,3)34-21-20-32(41(52)53)39(57-10)33(34)26-37(47-60-36-25-30-24-35(45(30,7)8)46(36,9)61-47)49-40(51)38(50-42(54)59-44(4,5)6)29-16-18-31(19-17-29)62(55,56)48-22-23-58-27-28-14-12-11-13-15-28/h11-21,30,35-38,48H,22-27H2,1-10H3,(H,49,51)(H,50,54)(H,52,53)/t30-,35-,36+,37?,38?,46-/m0/s1. The van der Waals surface area contributed by atoms with Crippen molar-refractivity contribution >= 4 is 35.1 Å². The first-order valence-corrected chi connectivity index (χ1v) is 22.7. The van der Waals surface area contributed by atoms with E-state index in [1.165, 1.54) is 37.4 Å². The van der Waals surface area contributed by atoms with E-state index >= 15 is 0 Å². The molecule has 1 aliphatic heterocycles. The quantitative estimate of drug-likeness (QED) is 0.0881. The van der Waals surface area contributed by atoms with Gasteiger partial charge in [0.2, 0.25) is 15.9 Å². The molecule has 6 atom stereocenters. The molecule has 1 heterocycles. The number of carboxylic acids is 1. The number of methoxy groups -OCH3 is 1. The van der Waals surface area contributed by atoms with Crippen molar-refractivity contribution in [3.8, 4) is 5.75 Å². The van der Waals surface area contributed by atoms with Gasteiger partial charge in [-0.25, -0.2) is 22.7 Å². The van der Waals surface area contributed by atoms with Gasteiger partial charge in [-0.3, -0.25) is 4.79 Å². The molecule has 4 N–H and O–H groups in total. The Bertz CT molecular complexity index is 2220. The molecule has 1 saturated heterocycles. The summed E-state index contributed by atoms with van der Waals surface area (Å²) in [4.78, 5) is 40.6. The first kappa shape index (κ1) is 47.0. The summed E-state index contributed by atoms with van der Waals surface area (Å²) in [6, 6.07) is 17.1. The highest BCUT2D eigenvalue weighted by Crippen LogP contribution is 2.65. The van der Waals surface area contributed by atoms with Crippen LogP contribution in [0.25, 0.3) is 0 Å². The van der Waals surface area contributed by atoms with Crippen LogP contribution in [0.5, 0.6) is 5.75 Å². The summed E-state index contributed by atoms with van der Waals surface area (Å²) < 4.78 is 59.8. The van der Waals surface area contributed by atoms with Crippen molar-refractivity contribution in [3.05, 3.63) is 94.5 Å². The summed E-state index contributed by atoms with van der Waals surface area (Å²) in [6.07, 6.45) is 0.719. The van der Waals surface area contributed by atoms with Crippen molar-refractivity contribution in [2.24, 2.45) is 17.3 Å². The number of carboxylic acid groups (broad SMARTS) is 1. The molecule has 4 aliphatic rings. The zero-order valence-electron chi connectivity index (χ0n) is 37.5. The van der Waals surface area contributed by atoms with Crippen LogP contribution in [-0.4, -0.2) is 82.1 Å². The molecule has 0 spiro atoms. The predicted molar refractivity (Wildman–Crippen MR) is 234 cm³/mol. The third-order valence-electron chi connectivity index (χ3n) is 12.6. The van der Waals surface area contributed by atoms with Crippen molar-refractivity contribution in [1.29, 1.82) is 0 Å². The van der Waals surface area contributed by atoms with E-state index in [9.17, 15) is 27.9 Å². The zero-order valence-corrected chi connectivity index (χ0v) is 38.3. The first-order chi connectivity index (χ1) is 28.9. The molecule has 14 nitrogen and oxygen atoms in total. The number of amides is 2. The van der Waals surface area contributed by atoms with Gasteiger partial charge < -0.3 is 39.3 Å². The van der Waals surface area contributed by atoms with Crippen LogP contribution in [0.4, 0.5) is 4.79 Å². The summed E-state index contributed by atoms with van der Waals surface area (Å²) in [5.74, 6) is -1.92. The fourth-order valence-electron chi connectivity index (χ4n) is 9.37. The first-order valence-electron chi connectivity index (χ1n) is 21.2. The lowest BCUT2D eigenvalue weighted by molar-refractivity contribution is -0.199. The number of hydrogen-bond donors (Lipinski definition) is 4. The van der Waals surface area contributed by atoms with Gasteiger partial charge in [-0.1, -0.05) is 83.1 Å². The van der Waals surface area contributed by atoms with Crippen LogP contribution in [-0.2, 0) is 52.0 Å². The largest absolute Gasteiger partial charge is 0.496 e. The lowest BCUT2D eigenvalue weighted by Crippen LogP contribution is -2.65. The fourth-order valence-corrected chi connectivity index (χ4v) is 10.4. The van der Waals surface area contributed by atoms with Crippen LogP contribution < -0.4 is 20.1 Å². The summed E-state index contributed by atoms with van der Waals surface area (Å²) >= 11 is 0. The molecular formula is C46H62BN3O11S. The van der Waals surface area contributed by atoms with Gasteiger partial charge in [0, 0.05) is 12.1 Å². The number of benzene rings is 3. The molecule has 0 radical (unpaired) electrons. The SMILES string of the molecule is COc1c(C(=O)O)ccc(C(C)(C)C)c1CC(NC(=O)C(NC(=O)OC(C)(C)C)c1ccc(S(=O)(=O)NCCOCc2ccccc2)cc1)B1O[C@@H]2C[C@@H]3C[C@@H](C3(C)C)[C@]2(C)O1. The van der Waals surface area contributed by atoms with Gasteiger partial charge in [-0.2, -0.15) is 0 Å². The maximum absolute atomic E-state index is 14.8. The second kappa shape index (κ2) is 18.0. The highest BCUT2D eigenvalue weighted by atomic mass is 32.2. The summed E-state index contributed by atoms with van der Waals surface area (Å²) in [7, 11) is -3.52. The maximum Gasteiger partial charge on any atom is 0.482 e. The molecule has 3 aromatic carbocycles. The van der Waals surface area contributed by atoms with Crippen LogP contribution in [0.2, 0.25) is 0 Å². The van der Waals surface area contributed by atoms with Crippen LogP contribution in [0, 0.1) is 17.3 Å². The van der Waals surface area contributed by atoms with Crippen molar-refractivity contribution in [2.45, 2.75) is 128 Å². The Morgan fingerprint density at radius 1 is 0.935 bits per heavy atom. The molecule has 3 aliphatic carbocycles. The molecule has 0 aromatic heterocycles.